The van der Waals surface area contributed by atoms with Gasteiger partial charge >= 0.3 is 5.97 Å². The first-order chi connectivity index (χ1) is 12.5. The minimum Gasteiger partial charge on any atom is -0.496 e. The van der Waals surface area contributed by atoms with Crippen molar-refractivity contribution in [3.05, 3.63) is 44.8 Å². The zero-order chi connectivity index (χ0) is 18.7. The van der Waals surface area contributed by atoms with Crippen molar-refractivity contribution >= 4 is 39.8 Å². The number of fused-ring (bicyclic) bond motifs is 1. The van der Waals surface area contributed by atoms with Crippen molar-refractivity contribution in [1.29, 1.82) is 0 Å². The number of hydrogen-bond donors (Lipinski definition) is 1. The van der Waals surface area contributed by atoms with Crippen LogP contribution in [0.25, 0.3) is 0 Å². The summed E-state index contributed by atoms with van der Waals surface area (Å²) in [5, 5.41) is 3.83. The average Bonchev–Trinajstić information content (AvgIpc) is 2.99. The standard InChI is InChI=1S/C19H20ClNO4S/c1-3-25-19(23)16-12-6-4-5-7-15(12)26-18(16)21-17(22)13-10-11(20)8-9-14(13)24-2/h8-10H,3-7H2,1-2H3,(H,21,22). The fraction of sp³-hybridized carbons (Fsp3) is 0.368. The molecule has 138 valence electrons. The topological polar surface area (TPSA) is 64.6 Å². The zero-order valence-corrected chi connectivity index (χ0v) is 16.3. The molecule has 3 rings (SSSR count). The van der Waals surface area contributed by atoms with Crippen LogP contribution in [-0.4, -0.2) is 25.6 Å². The van der Waals surface area contributed by atoms with E-state index in [-0.39, 0.29) is 11.9 Å². The van der Waals surface area contributed by atoms with Crippen LogP contribution >= 0.6 is 22.9 Å². The van der Waals surface area contributed by atoms with Gasteiger partial charge in [-0.05, 0) is 56.4 Å². The van der Waals surface area contributed by atoms with Crippen LogP contribution in [0.2, 0.25) is 5.02 Å². The summed E-state index contributed by atoms with van der Waals surface area (Å²) in [6.07, 6.45) is 3.87. The lowest BCUT2D eigenvalue weighted by molar-refractivity contribution is 0.0526. The van der Waals surface area contributed by atoms with Crippen molar-refractivity contribution in [2.75, 3.05) is 19.0 Å². The van der Waals surface area contributed by atoms with Crippen molar-refractivity contribution in [3.63, 3.8) is 0 Å². The second kappa shape index (κ2) is 8.10. The van der Waals surface area contributed by atoms with Crippen LogP contribution in [0.3, 0.4) is 0 Å². The van der Waals surface area contributed by atoms with E-state index in [2.05, 4.69) is 5.32 Å². The molecule has 0 saturated carbocycles. The van der Waals surface area contributed by atoms with Gasteiger partial charge in [0.2, 0.25) is 0 Å². The molecule has 2 aromatic rings. The number of thiophene rings is 1. The molecule has 0 unspecified atom stereocenters. The quantitative estimate of drug-likeness (QED) is 0.746. The summed E-state index contributed by atoms with van der Waals surface area (Å²) in [5.74, 6) is -0.334. The molecule has 0 spiro atoms. The summed E-state index contributed by atoms with van der Waals surface area (Å²) in [5.41, 5.74) is 1.81. The van der Waals surface area contributed by atoms with Crippen molar-refractivity contribution in [3.8, 4) is 5.75 Å². The van der Waals surface area contributed by atoms with Gasteiger partial charge in [-0.15, -0.1) is 11.3 Å². The van der Waals surface area contributed by atoms with Crippen LogP contribution in [0, 0.1) is 0 Å². The number of carbonyl (C=O) groups is 2. The van der Waals surface area contributed by atoms with Crippen molar-refractivity contribution in [2.24, 2.45) is 0 Å². The van der Waals surface area contributed by atoms with Crippen LogP contribution in [0.4, 0.5) is 5.00 Å². The number of esters is 1. The number of carbonyl (C=O) groups excluding carboxylic acids is 2. The molecule has 0 bridgehead atoms. The highest BCUT2D eigenvalue weighted by molar-refractivity contribution is 7.17. The molecule has 0 saturated heterocycles. The van der Waals surface area contributed by atoms with E-state index in [1.165, 1.54) is 18.4 Å². The van der Waals surface area contributed by atoms with Crippen LogP contribution in [0.1, 0.15) is 50.9 Å². The van der Waals surface area contributed by atoms with Gasteiger partial charge in [-0.25, -0.2) is 4.79 Å². The third kappa shape index (κ3) is 3.71. The molecule has 0 radical (unpaired) electrons. The Kier molecular flexibility index (Phi) is 5.84. The van der Waals surface area contributed by atoms with Gasteiger partial charge in [-0.1, -0.05) is 11.6 Å². The number of methoxy groups -OCH3 is 1. The van der Waals surface area contributed by atoms with Crippen molar-refractivity contribution in [2.45, 2.75) is 32.6 Å². The second-order valence-corrected chi connectivity index (χ2v) is 7.48. The fourth-order valence-corrected chi connectivity index (χ4v) is 4.55. The van der Waals surface area contributed by atoms with E-state index in [0.29, 0.717) is 33.5 Å². The zero-order valence-electron chi connectivity index (χ0n) is 14.7. The maximum atomic E-state index is 12.8. The highest BCUT2D eigenvalue weighted by Crippen LogP contribution is 2.39. The van der Waals surface area contributed by atoms with Gasteiger partial charge < -0.3 is 14.8 Å². The third-order valence-electron chi connectivity index (χ3n) is 4.28. The number of hydrogen-bond acceptors (Lipinski definition) is 5. The maximum Gasteiger partial charge on any atom is 0.341 e. The second-order valence-electron chi connectivity index (χ2n) is 5.93. The Bertz CT molecular complexity index is 846. The minimum atomic E-state index is -0.389. The molecule has 7 heteroatoms. The molecule has 1 aromatic carbocycles. The number of rotatable bonds is 5. The molecule has 1 amide bonds. The maximum absolute atomic E-state index is 12.8. The minimum absolute atomic E-state index is 0.291. The van der Waals surface area contributed by atoms with Crippen LogP contribution < -0.4 is 10.1 Å². The van der Waals surface area contributed by atoms with Gasteiger partial charge in [0.05, 0.1) is 24.8 Å². The van der Waals surface area contributed by atoms with Crippen LogP contribution in [0.15, 0.2) is 18.2 Å². The molecule has 1 aromatic heterocycles. The van der Waals surface area contributed by atoms with Gasteiger partial charge in [0.1, 0.15) is 10.8 Å². The van der Waals surface area contributed by atoms with Gasteiger partial charge in [-0.2, -0.15) is 0 Å². The van der Waals surface area contributed by atoms with E-state index in [4.69, 9.17) is 21.1 Å². The summed E-state index contributed by atoms with van der Waals surface area (Å²) in [7, 11) is 1.49. The molecular weight excluding hydrogens is 374 g/mol. The molecule has 0 aliphatic heterocycles. The highest BCUT2D eigenvalue weighted by Gasteiger charge is 2.28. The van der Waals surface area contributed by atoms with E-state index in [1.807, 2.05) is 0 Å². The molecule has 0 fully saturated rings. The number of ether oxygens (including phenoxy) is 2. The summed E-state index contributed by atoms with van der Waals surface area (Å²) in [4.78, 5) is 26.4. The Balaban J connectivity index is 1.97. The number of anilines is 1. The molecule has 1 heterocycles. The number of amides is 1. The fourth-order valence-electron chi connectivity index (χ4n) is 3.10. The lowest BCUT2D eigenvalue weighted by Crippen LogP contribution is -2.16. The monoisotopic (exact) mass is 393 g/mol. The molecule has 5 nitrogen and oxygen atoms in total. The number of benzene rings is 1. The SMILES string of the molecule is CCOC(=O)c1c(NC(=O)c2cc(Cl)ccc2OC)sc2c1CCCC2. The third-order valence-corrected chi connectivity index (χ3v) is 5.73. The van der Waals surface area contributed by atoms with E-state index >= 15 is 0 Å². The molecule has 1 N–H and O–H groups in total. The lowest BCUT2D eigenvalue weighted by atomic mass is 9.95. The largest absolute Gasteiger partial charge is 0.496 e. The predicted molar refractivity (Wildman–Crippen MR) is 103 cm³/mol. The summed E-state index contributed by atoms with van der Waals surface area (Å²) < 4.78 is 10.5. The molecule has 0 atom stereocenters. The Labute approximate surface area is 161 Å². The van der Waals surface area contributed by atoms with Crippen molar-refractivity contribution in [1.82, 2.24) is 0 Å². The summed E-state index contributed by atoms with van der Waals surface area (Å²) in [6.45, 7) is 2.06. The number of halogens is 1. The average molecular weight is 394 g/mol. The van der Waals surface area contributed by atoms with Crippen LogP contribution in [-0.2, 0) is 17.6 Å². The van der Waals surface area contributed by atoms with E-state index < -0.39 is 0 Å². The van der Waals surface area contributed by atoms with Gasteiger partial charge in [-0.3, -0.25) is 4.79 Å². The smallest absolute Gasteiger partial charge is 0.341 e. The van der Waals surface area contributed by atoms with Crippen LogP contribution in [0.5, 0.6) is 5.75 Å². The Morgan fingerprint density at radius 1 is 1.27 bits per heavy atom. The normalized spacial score (nSPS) is 13.0. The summed E-state index contributed by atoms with van der Waals surface area (Å²) in [6, 6.07) is 4.85. The first kappa shape index (κ1) is 18.7. The molecule has 1 aliphatic carbocycles. The first-order valence-corrected chi connectivity index (χ1v) is 9.71. The van der Waals surface area contributed by atoms with Crippen molar-refractivity contribution < 1.29 is 19.1 Å². The molecule has 26 heavy (non-hydrogen) atoms. The molecule has 1 aliphatic rings. The predicted octanol–water partition coefficient (Wildman–Crippen LogP) is 4.72. The van der Waals surface area contributed by atoms with Gasteiger partial charge in [0.25, 0.3) is 5.91 Å². The Morgan fingerprint density at radius 2 is 2.04 bits per heavy atom. The van der Waals surface area contributed by atoms with Gasteiger partial charge in [0.15, 0.2) is 0 Å². The first-order valence-electron chi connectivity index (χ1n) is 8.51. The summed E-state index contributed by atoms with van der Waals surface area (Å²) >= 11 is 7.47. The number of aryl methyl sites for hydroxylation is 1. The Morgan fingerprint density at radius 3 is 2.77 bits per heavy atom. The van der Waals surface area contributed by atoms with E-state index in [0.717, 1.165) is 36.1 Å². The molecular formula is C19H20ClNO4S. The Hall–Kier alpha value is -2.05. The number of nitrogens with one attached hydrogen (secondary N) is 1. The van der Waals surface area contributed by atoms with E-state index in [1.54, 1.807) is 25.1 Å². The highest BCUT2D eigenvalue weighted by atomic mass is 35.5. The lowest BCUT2D eigenvalue weighted by Gasteiger charge is -2.12. The van der Waals surface area contributed by atoms with E-state index in [9.17, 15) is 9.59 Å². The van der Waals surface area contributed by atoms with Gasteiger partial charge in [0, 0.05) is 9.90 Å².